The summed E-state index contributed by atoms with van der Waals surface area (Å²) in [4.78, 5) is 13.5. The number of rotatable bonds is 12. The molecule has 40 heavy (non-hydrogen) atoms. The second-order valence-electron chi connectivity index (χ2n) is 9.87. The van der Waals surface area contributed by atoms with Crippen molar-refractivity contribution in [2.45, 2.75) is 44.4 Å². The van der Waals surface area contributed by atoms with Crippen molar-refractivity contribution in [3.8, 4) is 11.1 Å². The number of carbonyl (C=O) groups is 1. The van der Waals surface area contributed by atoms with E-state index in [1.165, 1.54) is 12.1 Å². The molecule has 0 bridgehead atoms. The Hall–Kier alpha value is -3.14. The number of halogens is 3. The zero-order valence-corrected chi connectivity index (χ0v) is 24.4. The van der Waals surface area contributed by atoms with Crippen LogP contribution >= 0.6 is 22.6 Å². The number of aliphatic hydroxyl groups excluding tert-OH is 1. The van der Waals surface area contributed by atoms with Gasteiger partial charge in [0, 0.05) is 22.7 Å². The van der Waals surface area contributed by atoms with Crippen LogP contribution in [0.3, 0.4) is 0 Å². The van der Waals surface area contributed by atoms with Gasteiger partial charge in [0.05, 0.1) is 18.1 Å². The Kier molecular flexibility index (Phi) is 10.8. The fourth-order valence-corrected chi connectivity index (χ4v) is 5.42. The quantitative estimate of drug-likeness (QED) is 0.151. The number of aliphatic hydroxyl groups is 1. The van der Waals surface area contributed by atoms with E-state index in [2.05, 4.69) is 33.2 Å². The van der Waals surface area contributed by atoms with Crippen molar-refractivity contribution in [2.75, 3.05) is 6.54 Å². The number of hydrogen-bond acceptors (Lipinski definition) is 3. The van der Waals surface area contributed by atoms with Gasteiger partial charge in [-0.15, -0.1) is 0 Å². The Labute approximate surface area is 248 Å². The first-order valence-electron chi connectivity index (χ1n) is 13.4. The third-order valence-electron chi connectivity index (χ3n) is 6.89. The molecular weight excluding hydrogens is 621 g/mol. The lowest BCUT2D eigenvalue weighted by Crippen LogP contribution is -2.49. The van der Waals surface area contributed by atoms with Crippen LogP contribution in [0.25, 0.3) is 11.1 Å². The van der Waals surface area contributed by atoms with E-state index in [1.54, 1.807) is 0 Å². The van der Waals surface area contributed by atoms with Crippen molar-refractivity contribution >= 4 is 28.5 Å². The fourth-order valence-electron chi connectivity index (χ4n) is 4.81. The largest absolute Gasteiger partial charge is 0.390 e. The van der Waals surface area contributed by atoms with Gasteiger partial charge in [0.15, 0.2) is 0 Å². The highest BCUT2D eigenvalue weighted by atomic mass is 127. The molecule has 1 amide bonds. The first-order valence-corrected chi connectivity index (χ1v) is 14.4. The summed E-state index contributed by atoms with van der Waals surface area (Å²) in [5.41, 5.74) is 4.44. The van der Waals surface area contributed by atoms with E-state index in [0.717, 1.165) is 31.9 Å². The minimum Gasteiger partial charge on any atom is -0.390 e. The standard InChI is InChI=1S/C33H33F2IN2O2/c1-2-30(26-13-11-25(12-14-26)24-8-4-3-5-9-24)33(40)38-31(18-23-15-27(34)19-28(35)16-23)32(39)21-37-20-22-7-6-10-29(36)17-22/h3-17,19,30-32,37,39H,2,18,20-21H2,1H3,(H,38,40)/t30?,31-,32-/m1/s1. The predicted octanol–water partition coefficient (Wildman–Crippen LogP) is 6.61. The number of carbonyl (C=O) groups excluding carboxylic acids is 1. The van der Waals surface area contributed by atoms with E-state index in [-0.39, 0.29) is 18.9 Å². The Balaban J connectivity index is 1.48. The van der Waals surface area contributed by atoms with Crippen molar-refractivity contribution in [3.63, 3.8) is 0 Å². The van der Waals surface area contributed by atoms with Gasteiger partial charge in [0.2, 0.25) is 5.91 Å². The molecule has 4 nitrogen and oxygen atoms in total. The number of hydrogen-bond donors (Lipinski definition) is 3. The van der Waals surface area contributed by atoms with Crippen LogP contribution in [0.2, 0.25) is 0 Å². The number of benzene rings is 4. The first-order chi connectivity index (χ1) is 19.3. The number of amides is 1. The molecule has 0 aliphatic carbocycles. The summed E-state index contributed by atoms with van der Waals surface area (Å²) in [5, 5.41) is 17.3. The summed E-state index contributed by atoms with van der Waals surface area (Å²) >= 11 is 2.25. The fraction of sp³-hybridized carbons (Fsp3) is 0.242. The summed E-state index contributed by atoms with van der Waals surface area (Å²) in [6.07, 6.45) is -0.356. The second kappa shape index (κ2) is 14.5. The summed E-state index contributed by atoms with van der Waals surface area (Å²) in [6.45, 7) is 2.66. The molecule has 1 unspecified atom stereocenters. The van der Waals surface area contributed by atoms with E-state index in [9.17, 15) is 18.7 Å². The molecule has 0 radical (unpaired) electrons. The van der Waals surface area contributed by atoms with Gasteiger partial charge in [0.25, 0.3) is 0 Å². The molecule has 0 fully saturated rings. The maximum Gasteiger partial charge on any atom is 0.227 e. The molecule has 208 valence electrons. The maximum atomic E-state index is 13.9. The Bertz CT molecular complexity index is 1380. The highest BCUT2D eigenvalue weighted by molar-refractivity contribution is 14.1. The smallest absolute Gasteiger partial charge is 0.227 e. The zero-order valence-electron chi connectivity index (χ0n) is 22.3. The maximum absolute atomic E-state index is 13.9. The van der Waals surface area contributed by atoms with Crippen LogP contribution in [-0.2, 0) is 17.8 Å². The molecule has 4 aromatic rings. The van der Waals surface area contributed by atoms with Gasteiger partial charge in [-0.2, -0.15) is 0 Å². The summed E-state index contributed by atoms with van der Waals surface area (Å²) in [5.74, 6) is -2.08. The van der Waals surface area contributed by atoms with E-state index < -0.39 is 29.7 Å². The van der Waals surface area contributed by atoms with Gasteiger partial charge in [-0.1, -0.05) is 73.7 Å². The van der Waals surface area contributed by atoms with Gasteiger partial charge in [-0.25, -0.2) is 8.78 Å². The lowest BCUT2D eigenvalue weighted by molar-refractivity contribution is -0.124. The van der Waals surface area contributed by atoms with Crippen molar-refractivity contribution in [1.29, 1.82) is 0 Å². The summed E-state index contributed by atoms with van der Waals surface area (Å²) < 4.78 is 29.0. The first kappa shape index (κ1) is 29.8. The molecule has 0 aliphatic heterocycles. The van der Waals surface area contributed by atoms with Crippen LogP contribution in [0.1, 0.15) is 36.0 Å². The van der Waals surface area contributed by atoms with Crippen molar-refractivity contribution in [1.82, 2.24) is 10.6 Å². The molecule has 3 atom stereocenters. The lowest BCUT2D eigenvalue weighted by Gasteiger charge is -2.27. The van der Waals surface area contributed by atoms with Gasteiger partial charge < -0.3 is 15.7 Å². The minimum atomic E-state index is -0.990. The van der Waals surface area contributed by atoms with E-state index in [1.807, 2.05) is 85.8 Å². The molecule has 0 aromatic heterocycles. The van der Waals surface area contributed by atoms with Gasteiger partial charge in [-0.3, -0.25) is 4.79 Å². The highest BCUT2D eigenvalue weighted by Gasteiger charge is 2.26. The van der Waals surface area contributed by atoms with Crippen molar-refractivity contribution < 1.29 is 18.7 Å². The van der Waals surface area contributed by atoms with Crippen molar-refractivity contribution in [2.24, 2.45) is 0 Å². The third kappa shape index (κ3) is 8.43. The van der Waals surface area contributed by atoms with Crippen LogP contribution in [0, 0.1) is 15.2 Å². The van der Waals surface area contributed by atoms with Gasteiger partial charge >= 0.3 is 0 Å². The normalized spacial score (nSPS) is 13.4. The Morgan fingerprint density at radius 1 is 0.850 bits per heavy atom. The molecule has 3 N–H and O–H groups in total. The van der Waals surface area contributed by atoms with Gasteiger partial charge in [0.1, 0.15) is 11.6 Å². The van der Waals surface area contributed by atoms with Crippen LogP contribution in [-0.4, -0.2) is 29.7 Å². The molecule has 0 aliphatic rings. The molecule has 7 heteroatoms. The molecule has 0 saturated carbocycles. The van der Waals surface area contributed by atoms with Crippen LogP contribution in [0.15, 0.2) is 97.1 Å². The highest BCUT2D eigenvalue weighted by Crippen LogP contribution is 2.25. The molecular formula is C33H33F2IN2O2. The third-order valence-corrected chi connectivity index (χ3v) is 7.56. The average molecular weight is 655 g/mol. The van der Waals surface area contributed by atoms with E-state index in [4.69, 9.17) is 0 Å². The Morgan fingerprint density at radius 3 is 2.17 bits per heavy atom. The minimum absolute atomic E-state index is 0.0792. The topological polar surface area (TPSA) is 61.4 Å². The summed E-state index contributed by atoms with van der Waals surface area (Å²) in [6, 6.07) is 28.4. The number of nitrogens with one attached hydrogen (secondary N) is 2. The molecule has 0 saturated heterocycles. The van der Waals surface area contributed by atoms with Crippen LogP contribution < -0.4 is 10.6 Å². The van der Waals surface area contributed by atoms with Crippen molar-refractivity contribution in [3.05, 3.63) is 129 Å². The van der Waals surface area contributed by atoms with Crippen LogP contribution in [0.4, 0.5) is 8.78 Å². The average Bonchev–Trinajstić information content (AvgIpc) is 2.93. The zero-order chi connectivity index (χ0) is 28.5. The predicted molar refractivity (Wildman–Crippen MR) is 164 cm³/mol. The molecule has 0 spiro atoms. The van der Waals surface area contributed by atoms with Crippen LogP contribution in [0.5, 0.6) is 0 Å². The SMILES string of the molecule is CCC(C(=O)N[C@H](Cc1cc(F)cc(F)c1)[C@H](O)CNCc1cccc(I)c1)c1ccc(-c2ccccc2)cc1. The molecule has 4 aromatic carbocycles. The van der Waals surface area contributed by atoms with E-state index >= 15 is 0 Å². The monoisotopic (exact) mass is 654 g/mol. The van der Waals surface area contributed by atoms with E-state index in [0.29, 0.717) is 18.5 Å². The molecule has 4 rings (SSSR count). The second-order valence-corrected chi connectivity index (χ2v) is 11.1. The summed E-state index contributed by atoms with van der Waals surface area (Å²) in [7, 11) is 0. The Morgan fingerprint density at radius 2 is 1.52 bits per heavy atom. The van der Waals surface area contributed by atoms with Gasteiger partial charge in [-0.05, 0) is 87.5 Å². The lowest BCUT2D eigenvalue weighted by atomic mass is 9.92. The molecule has 0 heterocycles.